The van der Waals surface area contributed by atoms with Gasteiger partial charge >= 0.3 is 0 Å². The lowest BCUT2D eigenvalue weighted by atomic mass is 9.99. The predicted molar refractivity (Wildman–Crippen MR) is 124 cm³/mol. The van der Waals surface area contributed by atoms with Gasteiger partial charge in [0.05, 0.1) is 0 Å². The van der Waals surface area contributed by atoms with Crippen LogP contribution in [0.5, 0.6) is 0 Å². The molecule has 2 aliphatic rings. The van der Waals surface area contributed by atoms with Crippen LogP contribution in [-0.4, -0.2) is 61.0 Å². The summed E-state index contributed by atoms with van der Waals surface area (Å²) in [7, 11) is 1.71. The molecule has 0 saturated carbocycles. The summed E-state index contributed by atoms with van der Waals surface area (Å²) in [6.45, 7) is 9.25. The fraction of sp³-hybridized carbons (Fsp3) is 0.762. The van der Waals surface area contributed by atoms with Crippen LogP contribution in [0.25, 0.3) is 0 Å². The molecule has 1 aromatic rings. The molecule has 2 aliphatic heterocycles. The smallest absolute Gasteiger partial charge is 0.232 e. The van der Waals surface area contributed by atoms with Crippen LogP contribution in [0.2, 0.25) is 0 Å². The van der Waals surface area contributed by atoms with Crippen LogP contribution in [0.4, 0.5) is 17.6 Å². The zero-order chi connectivity index (χ0) is 20.6. The van der Waals surface area contributed by atoms with E-state index in [1.165, 1.54) is 32.1 Å². The largest absolute Gasteiger partial charge is 0.385 e. The Bertz CT molecular complexity index is 665. The molecule has 29 heavy (non-hydrogen) atoms. The fourth-order valence-electron chi connectivity index (χ4n) is 4.03. The van der Waals surface area contributed by atoms with Crippen molar-refractivity contribution in [2.75, 3.05) is 55.0 Å². The van der Waals surface area contributed by atoms with Crippen molar-refractivity contribution in [3.8, 4) is 0 Å². The molecule has 0 aliphatic carbocycles. The minimum atomic E-state index is 0.500. The Labute approximate surface area is 180 Å². The van der Waals surface area contributed by atoms with Crippen molar-refractivity contribution in [1.29, 1.82) is 0 Å². The Morgan fingerprint density at radius 3 is 2.62 bits per heavy atom. The Balaban J connectivity index is 1.76. The summed E-state index contributed by atoms with van der Waals surface area (Å²) in [5.74, 6) is 3.38. The van der Waals surface area contributed by atoms with Gasteiger partial charge in [-0.05, 0) is 63.6 Å². The molecule has 2 saturated heterocycles. The average molecular weight is 421 g/mol. The van der Waals surface area contributed by atoms with Crippen molar-refractivity contribution in [2.45, 2.75) is 58.4 Å². The number of rotatable bonds is 7. The topological polar surface area (TPSA) is 65.6 Å². The van der Waals surface area contributed by atoms with Gasteiger partial charge in [-0.25, -0.2) is 0 Å². The van der Waals surface area contributed by atoms with Gasteiger partial charge in [0.25, 0.3) is 0 Å². The van der Waals surface area contributed by atoms with Gasteiger partial charge in [-0.2, -0.15) is 9.97 Å². The van der Waals surface area contributed by atoms with Crippen LogP contribution in [-0.2, 0) is 4.74 Å². The molecule has 0 bridgehead atoms. The summed E-state index contributed by atoms with van der Waals surface area (Å²) in [6, 6.07) is 2.66. The van der Waals surface area contributed by atoms with Crippen molar-refractivity contribution in [2.24, 2.45) is 5.92 Å². The highest BCUT2D eigenvalue weighted by molar-refractivity contribution is 7.80. The quantitative estimate of drug-likeness (QED) is 0.514. The first-order valence-electron chi connectivity index (χ1n) is 11.0. The van der Waals surface area contributed by atoms with Crippen molar-refractivity contribution in [3.63, 3.8) is 0 Å². The van der Waals surface area contributed by atoms with E-state index in [1.54, 1.807) is 7.11 Å². The summed E-state index contributed by atoms with van der Waals surface area (Å²) >= 11 is 5.45. The number of nitrogens with zero attached hydrogens (tertiary/aromatic N) is 4. The normalized spacial score (nSPS) is 20.6. The molecule has 1 atom stereocenters. The monoisotopic (exact) mass is 420 g/mol. The number of methoxy groups -OCH3 is 1. The van der Waals surface area contributed by atoms with E-state index in [4.69, 9.17) is 26.9 Å². The summed E-state index contributed by atoms with van der Waals surface area (Å²) in [5.41, 5.74) is 0. The van der Waals surface area contributed by atoms with Crippen molar-refractivity contribution < 1.29 is 4.74 Å². The van der Waals surface area contributed by atoms with E-state index in [1.807, 2.05) is 0 Å². The summed E-state index contributed by atoms with van der Waals surface area (Å²) in [4.78, 5) is 14.4. The summed E-state index contributed by atoms with van der Waals surface area (Å²) < 4.78 is 5.09. The molecule has 2 N–H and O–H groups in total. The molecule has 0 aromatic carbocycles. The maximum atomic E-state index is 5.45. The maximum absolute atomic E-state index is 5.45. The molecule has 7 nitrogen and oxygen atoms in total. The number of anilines is 3. The Morgan fingerprint density at radius 1 is 1.14 bits per heavy atom. The van der Waals surface area contributed by atoms with E-state index in [0.717, 1.165) is 50.2 Å². The molecular formula is C21H36N6OS. The molecule has 3 rings (SSSR count). The summed E-state index contributed by atoms with van der Waals surface area (Å²) in [6.07, 6.45) is 7.04. The summed E-state index contributed by atoms with van der Waals surface area (Å²) in [5, 5.41) is 6.98. The van der Waals surface area contributed by atoms with Gasteiger partial charge in [-0.3, -0.25) is 0 Å². The second-order valence-electron chi connectivity index (χ2n) is 8.34. The van der Waals surface area contributed by atoms with Crippen LogP contribution in [0.3, 0.4) is 0 Å². The number of hydrogen-bond donors (Lipinski definition) is 2. The minimum absolute atomic E-state index is 0.500. The van der Waals surface area contributed by atoms with Crippen LogP contribution >= 0.6 is 12.2 Å². The van der Waals surface area contributed by atoms with Gasteiger partial charge in [0.2, 0.25) is 5.95 Å². The number of hydrogen-bond acceptors (Lipinski definition) is 6. The van der Waals surface area contributed by atoms with Gasteiger partial charge in [0.1, 0.15) is 11.6 Å². The number of piperidine rings is 2. The van der Waals surface area contributed by atoms with Gasteiger partial charge in [-0.1, -0.05) is 6.92 Å². The molecule has 162 valence electrons. The van der Waals surface area contributed by atoms with E-state index < -0.39 is 0 Å². The molecule has 0 unspecified atom stereocenters. The third kappa shape index (κ3) is 6.40. The number of aromatic nitrogens is 2. The van der Waals surface area contributed by atoms with Crippen LogP contribution in [0.15, 0.2) is 6.07 Å². The molecule has 0 amide bonds. The molecule has 1 aromatic heterocycles. The maximum Gasteiger partial charge on any atom is 0.232 e. The first kappa shape index (κ1) is 22.0. The van der Waals surface area contributed by atoms with E-state index in [0.29, 0.717) is 23.7 Å². The Hall–Kier alpha value is -1.67. The van der Waals surface area contributed by atoms with Crippen molar-refractivity contribution in [3.05, 3.63) is 6.07 Å². The molecule has 3 heterocycles. The van der Waals surface area contributed by atoms with Gasteiger partial charge in [-0.15, -0.1) is 0 Å². The van der Waals surface area contributed by atoms with Crippen molar-refractivity contribution >= 4 is 34.9 Å². The molecule has 2 fully saturated rings. The predicted octanol–water partition coefficient (Wildman–Crippen LogP) is 3.41. The second kappa shape index (κ2) is 10.9. The van der Waals surface area contributed by atoms with Crippen LogP contribution in [0.1, 0.15) is 52.4 Å². The highest BCUT2D eigenvalue weighted by Gasteiger charge is 2.24. The average Bonchev–Trinajstić information content (AvgIpc) is 2.72. The first-order chi connectivity index (χ1) is 14.1. The number of ether oxygens (including phenoxy) is 1. The lowest BCUT2D eigenvalue weighted by Gasteiger charge is -2.36. The van der Waals surface area contributed by atoms with Crippen LogP contribution in [0, 0.1) is 5.92 Å². The van der Waals surface area contributed by atoms with Crippen LogP contribution < -0.4 is 20.4 Å². The first-order valence-corrected chi connectivity index (χ1v) is 11.4. The lowest BCUT2D eigenvalue weighted by Crippen LogP contribution is -2.39. The third-order valence-electron chi connectivity index (χ3n) is 5.94. The van der Waals surface area contributed by atoms with E-state index >= 15 is 0 Å². The highest BCUT2D eigenvalue weighted by Crippen LogP contribution is 2.29. The molecular weight excluding hydrogens is 384 g/mol. The molecule has 0 spiro atoms. The van der Waals surface area contributed by atoms with E-state index in [2.05, 4.69) is 40.3 Å². The third-order valence-corrected chi connectivity index (χ3v) is 6.19. The number of thiocarbonyl (C=S) groups is 1. The number of nitrogens with one attached hydrogen (secondary N) is 2. The van der Waals surface area contributed by atoms with Gasteiger partial charge < -0.3 is 25.2 Å². The minimum Gasteiger partial charge on any atom is -0.385 e. The molecule has 8 heteroatoms. The van der Waals surface area contributed by atoms with Gasteiger partial charge in [0, 0.05) is 52.0 Å². The fourth-order valence-corrected chi connectivity index (χ4v) is 4.22. The zero-order valence-electron chi connectivity index (χ0n) is 18.1. The lowest BCUT2D eigenvalue weighted by molar-refractivity contribution is 0.196. The zero-order valence-corrected chi connectivity index (χ0v) is 18.9. The van der Waals surface area contributed by atoms with E-state index in [-0.39, 0.29) is 0 Å². The van der Waals surface area contributed by atoms with Crippen molar-refractivity contribution in [1.82, 2.24) is 15.3 Å². The Kier molecular flexibility index (Phi) is 8.29. The SMILES string of the molecule is COCCCNC(=S)Nc1nc(N2CCC(C)CC2)cc(N2CCCC[C@@H]2C)n1. The van der Waals surface area contributed by atoms with E-state index in [9.17, 15) is 0 Å². The second-order valence-corrected chi connectivity index (χ2v) is 8.75. The van der Waals surface area contributed by atoms with Gasteiger partial charge in [0.15, 0.2) is 5.11 Å². The Morgan fingerprint density at radius 2 is 1.90 bits per heavy atom. The standard InChI is InChI=1S/C21H36N6OS/c1-16-8-12-26(13-9-16)18-15-19(27-11-5-4-7-17(27)2)24-20(23-18)25-21(29)22-10-6-14-28-3/h15-17H,4-14H2,1-3H3,(H2,22,23,24,25,29)/t17-/m0/s1. The highest BCUT2D eigenvalue weighted by atomic mass is 32.1. The molecule has 0 radical (unpaired) electrons.